The Labute approximate surface area is 121 Å². The molecule has 0 unspecified atom stereocenters. The highest BCUT2D eigenvalue weighted by molar-refractivity contribution is 9.10. The smallest absolute Gasteiger partial charge is 0.251 e. The van der Waals surface area contributed by atoms with Gasteiger partial charge < -0.3 is 15.2 Å². The van der Waals surface area contributed by atoms with E-state index in [4.69, 9.17) is 4.74 Å². The van der Waals surface area contributed by atoms with Crippen molar-refractivity contribution in [3.63, 3.8) is 0 Å². The van der Waals surface area contributed by atoms with Crippen LogP contribution in [0.3, 0.4) is 0 Å². The maximum absolute atomic E-state index is 12.1. The van der Waals surface area contributed by atoms with E-state index in [-0.39, 0.29) is 23.8 Å². The molecule has 1 aliphatic heterocycles. The third-order valence-corrected chi connectivity index (χ3v) is 4.05. The molecule has 4 nitrogen and oxygen atoms in total. The molecule has 2 atom stereocenters. The van der Waals surface area contributed by atoms with Crippen molar-refractivity contribution < 1.29 is 14.6 Å². The van der Waals surface area contributed by atoms with Crippen LogP contribution in [0.5, 0.6) is 5.75 Å². The molecule has 5 heteroatoms. The van der Waals surface area contributed by atoms with Gasteiger partial charge in [-0.05, 0) is 53.4 Å². The number of phenols is 1. The second-order valence-corrected chi connectivity index (χ2v) is 5.56. The molecule has 1 aliphatic rings. The highest BCUT2D eigenvalue weighted by Crippen LogP contribution is 2.24. The van der Waals surface area contributed by atoms with E-state index in [9.17, 15) is 9.90 Å². The zero-order chi connectivity index (χ0) is 13.8. The Bertz CT molecular complexity index is 458. The SMILES string of the molecule is CC[C@@H](NC(=O)c1ccc(Br)c(O)c1)[C@@H]1CCCO1. The van der Waals surface area contributed by atoms with Crippen LogP contribution < -0.4 is 5.32 Å². The average Bonchev–Trinajstić information content (AvgIpc) is 2.92. The molecular weight excluding hydrogens is 310 g/mol. The Kier molecular flexibility index (Phi) is 4.82. The van der Waals surface area contributed by atoms with Gasteiger partial charge in [0.25, 0.3) is 5.91 Å². The van der Waals surface area contributed by atoms with E-state index in [0.717, 1.165) is 25.9 Å². The van der Waals surface area contributed by atoms with E-state index in [0.29, 0.717) is 10.0 Å². The van der Waals surface area contributed by atoms with E-state index in [1.807, 2.05) is 6.92 Å². The second-order valence-electron chi connectivity index (χ2n) is 4.71. The summed E-state index contributed by atoms with van der Waals surface area (Å²) in [7, 11) is 0. The molecule has 2 N–H and O–H groups in total. The van der Waals surface area contributed by atoms with Crippen molar-refractivity contribution >= 4 is 21.8 Å². The Morgan fingerprint density at radius 1 is 1.63 bits per heavy atom. The normalized spacial score (nSPS) is 20.2. The van der Waals surface area contributed by atoms with Crippen LogP contribution in [0.15, 0.2) is 22.7 Å². The van der Waals surface area contributed by atoms with Gasteiger partial charge in [-0.2, -0.15) is 0 Å². The van der Waals surface area contributed by atoms with Crippen LogP contribution in [0.25, 0.3) is 0 Å². The highest BCUT2D eigenvalue weighted by atomic mass is 79.9. The Hall–Kier alpha value is -1.07. The number of benzene rings is 1. The summed E-state index contributed by atoms with van der Waals surface area (Å²) < 4.78 is 6.19. The van der Waals surface area contributed by atoms with Crippen molar-refractivity contribution in [3.8, 4) is 5.75 Å². The summed E-state index contributed by atoms with van der Waals surface area (Å²) in [4.78, 5) is 12.1. The molecule has 1 fully saturated rings. The average molecular weight is 328 g/mol. The Morgan fingerprint density at radius 2 is 2.42 bits per heavy atom. The Morgan fingerprint density at radius 3 is 3.00 bits per heavy atom. The Balaban J connectivity index is 2.04. The maximum Gasteiger partial charge on any atom is 0.251 e. The van der Waals surface area contributed by atoms with E-state index < -0.39 is 0 Å². The number of ether oxygens (including phenoxy) is 1. The van der Waals surface area contributed by atoms with E-state index in [2.05, 4.69) is 21.2 Å². The minimum Gasteiger partial charge on any atom is -0.507 e. The second kappa shape index (κ2) is 6.39. The molecule has 2 rings (SSSR count). The summed E-state index contributed by atoms with van der Waals surface area (Å²) in [6, 6.07) is 4.83. The fraction of sp³-hybridized carbons (Fsp3) is 0.500. The molecule has 1 heterocycles. The monoisotopic (exact) mass is 327 g/mol. The number of amides is 1. The van der Waals surface area contributed by atoms with Crippen LogP contribution in [-0.2, 0) is 4.74 Å². The summed E-state index contributed by atoms with van der Waals surface area (Å²) in [5.41, 5.74) is 0.456. The molecule has 0 aromatic heterocycles. The van der Waals surface area contributed by atoms with Crippen LogP contribution in [0.2, 0.25) is 0 Å². The third kappa shape index (κ3) is 3.48. The minimum absolute atomic E-state index is 0.0285. The van der Waals surface area contributed by atoms with Gasteiger partial charge in [-0.1, -0.05) is 6.92 Å². The molecule has 1 saturated heterocycles. The molecule has 0 bridgehead atoms. The van der Waals surface area contributed by atoms with Crippen molar-refractivity contribution in [1.82, 2.24) is 5.32 Å². The first-order chi connectivity index (χ1) is 9.11. The molecule has 104 valence electrons. The van der Waals surface area contributed by atoms with E-state index in [1.54, 1.807) is 12.1 Å². The standard InChI is InChI=1S/C14H18BrNO3/c1-2-11(13-4-3-7-19-13)16-14(18)9-5-6-10(15)12(17)8-9/h5-6,8,11,13,17H,2-4,7H2,1H3,(H,16,18)/t11-,13+/m1/s1. The predicted molar refractivity (Wildman–Crippen MR) is 76.3 cm³/mol. The highest BCUT2D eigenvalue weighted by Gasteiger charge is 2.26. The van der Waals surface area contributed by atoms with Crippen molar-refractivity contribution in [1.29, 1.82) is 0 Å². The fourth-order valence-corrected chi connectivity index (χ4v) is 2.53. The van der Waals surface area contributed by atoms with Crippen LogP contribution in [0, 0.1) is 0 Å². The molecular formula is C14H18BrNO3. The maximum atomic E-state index is 12.1. The van der Waals surface area contributed by atoms with Crippen molar-refractivity contribution in [3.05, 3.63) is 28.2 Å². The van der Waals surface area contributed by atoms with Gasteiger partial charge >= 0.3 is 0 Å². The van der Waals surface area contributed by atoms with Crippen molar-refractivity contribution in [2.24, 2.45) is 0 Å². The summed E-state index contributed by atoms with van der Waals surface area (Å²) in [6.07, 6.45) is 2.98. The van der Waals surface area contributed by atoms with Gasteiger partial charge in [0.1, 0.15) is 5.75 Å². The number of rotatable bonds is 4. The van der Waals surface area contributed by atoms with E-state index in [1.165, 1.54) is 6.07 Å². The lowest BCUT2D eigenvalue weighted by molar-refractivity contribution is 0.0665. The molecule has 1 aromatic carbocycles. The molecule has 0 saturated carbocycles. The number of hydrogen-bond donors (Lipinski definition) is 2. The lowest BCUT2D eigenvalue weighted by Crippen LogP contribution is -2.42. The first-order valence-corrected chi connectivity index (χ1v) is 7.32. The fourth-order valence-electron chi connectivity index (χ4n) is 2.28. The molecule has 1 amide bonds. The lowest BCUT2D eigenvalue weighted by Gasteiger charge is -2.22. The summed E-state index contributed by atoms with van der Waals surface area (Å²) in [5, 5.41) is 12.6. The lowest BCUT2D eigenvalue weighted by atomic mass is 10.0. The zero-order valence-electron chi connectivity index (χ0n) is 10.9. The first kappa shape index (κ1) is 14.3. The van der Waals surface area contributed by atoms with Gasteiger partial charge in [-0.15, -0.1) is 0 Å². The zero-order valence-corrected chi connectivity index (χ0v) is 12.4. The number of hydrogen-bond acceptors (Lipinski definition) is 3. The van der Waals surface area contributed by atoms with Crippen LogP contribution in [0.1, 0.15) is 36.5 Å². The van der Waals surface area contributed by atoms with Gasteiger partial charge in [0.05, 0.1) is 16.6 Å². The van der Waals surface area contributed by atoms with Gasteiger partial charge in [-0.25, -0.2) is 0 Å². The quantitative estimate of drug-likeness (QED) is 0.894. The van der Waals surface area contributed by atoms with Crippen LogP contribution in [-0.4, -0.2) is 29.8 Å². The van der Waals surface area contributed by atoms with Gasteiger partial charge in [0, 0.05) is 12.2 Å². The summed E-state index contributed by atoms with van der Waals surface area (Å²) >= 11 is 3.20. The number of carbonyl (C=O) groups is 1. The topological polar surface area (TPSA) is 58.6 Å². The van der Waals surface area contributed by atoms with E-state index >= 15 is 0 Å². The number of nitrogens with one attached hydrogen (secondary N) is 1. The number of halogens is 1. The molecule has 1 aromatic rings. The van der Waals surface area contributed by atoms with Crippen LogP contribution in [0.4, 0.5) is 0 Å². The summed E-state index contributed by atoms with van der Waals surface area (Å²) in [6.45, 7) is 2.81. The first-order valence-electron chi connectivity index (χ1n) is 6.52. The van der Waals surface area contributed by atoms with Crippen molar-refractivity contribution in [2.75, 3.05) is 6.61 Å². The van der Waals surface area contributed by atoms with Crippen LogP contribution >= 0.6 is 15.9 Å². The van der Waals surface area contributed by atoms with Crippen molar-refractivity contribution in [2.45, 2.75) is 38.3 Å². The predicted octanol–water partition coefficient (Wildman–Crippen LogP) is 2.84. The van der Waals surface area contributed by atoms with Gasteiger partial charge in [0.2, 0.25) is 0 Å². The molecule has 0 radical (unpaired) electrons. The largest absolute Gasteiger partial charge is 0.507 e. The molecule has 0 aliphatic carbocycles. The molecule has 0 spiro atoms. The van der Waals surface area contributed by atoms with Gasteiger partial charge in [0.15, 0.2) is 0 Å². The number of phenolic OH excluding ortho intramolecular Hbond substituents is 1. The summed E-state index contributed by atoms with van der Waals surface area (Å²) in [5.74, 6) is -0.108. The van der Waals surface area contributed by atoms with Gasteiger partial charge in [-0.3, -0.25) is 4.79 Å². The third-order valence-electron chi connectivity index (χ3n) is 3.38. The number of carbonyl (C=O) groups excluding carboxylic acids is 1. The molecule has 19 heavy (non-hydrogen) atoms. The minimum atomic E-state index is -0.176. The number of aromatic hydroxyl groups is 1.